The fourth-order valence-corrected chi connectivity index (χ4v) is 5.86. The van der Waals surface area contributed by atoms with Crippen molar-refractivity contribution in [3.63, 3.8) is 0 Å². The number of hydrogen-bond acceptors (Lipinski definition) is 9. The summed E-state index contributed by atoms with van der Waals surface area (Å²) in [5.74, 6) is 0.296. The summed E-state index contributed by atoms with van der Waals surface area (Å²) in [5.41, 5.74) is 6.95. The average molecular weight is 634 g/mol. The lowest BCUT2D eigenvalue weighted by Crippen LogP contribution is -2.51. The van der Waals surface area contributed by atoms with Gasteiger partial charge in [0.05, 0.1) is 12.7 Å². The Morgan fingerprint density at radius 3 is 2.52 bits per heavy atom. The van der Waals surface area contributed by atoms with Gasteiger partial charge < -0.3 is 40.9 Å². The van der Waals surface area contributed by atoms with Gasteiger partial charge in [-0.2, -0.15) is 0 Å². The molecule has 10 heteroatoms. The molecule has 248 valence electrons. The molecule has 1 amide bonds. The maximum absolute atomic E-state index is 12.2. The van der Waals surface area contributed by atoms with E-state index < -0.39 is 36.9 Å². The fraction of sp³-hybridized carbons (Fsp3) is 0.500. The Bertz CT molecular complexity index is 1480. The first-order chi connectivity index (χ1) is 22.1. The van der Waals surface area contributed by atoms with Crippen LogP contribution in [-0.2, 0) is 16.9 Å². The van der Waals surface area contributed by atoms with E-state index in [0.29, 0.717) is 19.1 Å². The number of carbonyl (C=O) groups excluding carboxylic acids is 1. The fourth-order valence-electron chi connectivity index (χ4n) is 5.86. The predicted octanol–water partition coefficient (Wildman–Crippen LogP) is 2.81. The van der Waals surface area contributed by atoms with Gasteiger partial charge in [-0.25, -0.2) is 0 Å². The van der Waals surface area contributed by atoms with Crippen LogP contribution < -0.4 is 15.4 Å². The van der Waals surface area contributed by atoms with E-state index in [1.807, 2.05) is 18.5 Å². The first-order valence-corrected chi connectivity index (χ1v) is 16.3. The van der Waals surface area contributed by atoms with Gasteiger partial charge in [-0.05, 0) is 91.3 Å². The third-order valence-electron chi connectivity index (χ3n) is 9.28. The Hall–Kier alpha value is -3.38. The number of aryl methyl sites for hydroxylation is 1. The lowest BCUT2D eigenvalue weighted by atomic mass is 9.92. The van der Waals surface area contributed by atoms with Gasteiger partial charge in [0.15, 0.2) is 6.10 Å². The second-order valence-corrected chi connectivity index (χ2v) is 12.9. The van der Waals surface area contributed by atoms with E-state index in [1.165, 1.54) is 22.3 Å². The summed E-state index contributed by atoms with van der Waals surface area (Å²) in [6.45, 7) is 4.45. The summed E-state index contributed by atoms with van der Waals surface area (Å²) >= 11 is 0. The molecular formula is C36H47N3O7. The number of aliphatic hydroxyl groups excluding tert-OH is 5. The topological polar surface area (TPSA) is 164 Å². The van der Waals surface area contributed by atoms with E-state index in [0.717, 1.165) is 49.0 Å². The van der Waals surface area contributed by atoms with Crippen molar-refractivity contribution in [2.24, 2.45) is 0 Å². The van der Waals surface area contributed by atoms with Gasteiger partial charge in [0.25, 0.3) is 5.91 Å². The second kappa shape index (κ2) is 15.0. The van der Waals surface area contributed by atoms with E-state index in [-0.39, 0.29) is 18.0 Å². The highest BCUT2D eigenvalue weighted by atomic mass is 16.5. The van der Waals surface area contributed by atoms with Crippen LogP contribution in [-0.4, -0.2) is 80.1 Å². The van der Waals surface area contributed by atoms with E-state index >= 15 is 0 Å². The van der Waals surface area contributed by atoms with Gasteiger partial charge in [0.2, 0.25) is 0 Å². The van der Waals surface area contributed by atoms with E-state index in [4.69, 9.17) is 9.84 Å². The number of carbonyl (C=O) groups is 1. The number of pyridine rings is 1. The zero-order chi connectivity index (χ0) is 32.8. The largest absolute Gasteiger partial charge is 0.490 e. The normalized spacial score (nSPS) is 18.7. The molecule has 2 fully saturated rings. The highest BCUT2D eigenvalue weighted by molar-refractivity contribution is 5.81. The molecule has 0 aliphatic heterocycles. The number of para-hydroxylation sites is 1. The summed E-state index contributed by atoms with van der Waals surface area (Å²) in [4.78, 5) is 16.7. The van der Waals surface area contributed by atoms with Crippen molar-refractivity contribution in [3.05, 3.63) is 83.2 Å². The lowest BCUT2D eigenvalue weighted by Gasteiger charge is -2.25. The Morgan fingerprint density at radius 2 is 1.80 bits per heavy atom. The molecule has 10 nitrogen and oxygen atoms in total. The average Bonchev–Trinajstić information content (AvgIpc) is 4.02. The number of aromatic nitrogens is 1. The monoisotopic (exact) mass is 633 g/mol. The molecule has 2 aromatic carbocycles. The second-order valence-electron chi connectivity index (χ2n) is 12.9. The molecule has 1 unspecified atom stereocenters. The van der Waals surface area contributed by atoms with Crippen LogP contribution in [0.25, 0.3) is 11.1 Å². The van der Waals surface area contributed by atoms with Crippen LogP contribution in [0.4, 0.5) is 0 Å². The molecule has 1 aromatic heterocycles. The molecule has 2 aliphatic carbocycles. The maximum Gasteiger partial charge on any atom is 0.251 e. The van der Waals surface area contributed by atoms with E-state index in [9.17, 15) is 25.2 Å². The summed E-state index contributed by atoms with van der Waals surface area (Å²) < 4.78 is 6.26. The Balaban J connectivity index is 1.17. The van der Waals surface area contributed by atoms with Crippen molar-refractivity contribution < 1.29 is 35.1 Å². The summed E-state index contributed by atoms with van der Waals surface area (Å²) in [5, 5.41) is 54.5. The Labute approximate surface area is 270 Å². The lowest BCUT2D eigenvalue weighted by molar-refractivity contribution is -0.148. The van der Waals surface area contributed by atoms with E-state index in [1.54, 1.807) is 0 Å². The number of nitrogens with zero attached hydrogens (tertiary/aromatic N) is 1. The van der Waals surface area contributed by atoms with Crippen LogP contribution in [0.3, 0.4) is 0 Å². The van der Waals surface area contributed by atoms with Gasteiger partial charge in [0, 0.05) is 36.6 Å². The van der Waals surface area contributed by atoms with Crippen molar-refractivity contribution in [3.8, 4) is 16.9 Å². The van der Waals surface area contributed by atoms with Crippen molar-refractivity contribution in [1.82, 2.24) is 15.6 Å². The van der Waals surface area contributed by atoms with Crippen LogP contribution in [0.1, 0.15) is 73.6 Å². The molecule has 7 N–H and O–H groups in total. The summed E-state index contributed by atoms with van der Waals surface area (Å²) in [7, 11) is 0. The number of aliphatic hydroxyl groups is 5. The highest BCUT2D eigenvalue weighted by Gasteiger charge is 2.46. The van der Waals surface area contributed by atoms with Crippen LogP contribution >= 0.6 is 0 Å². The van der Waals surface area contributed by atoms with Crippen LogP contribution in [0.15, 0.2) is 60.9 Å². The van der Waals surface area contributed by atoms with Gasteiger partial charge in [-0.1, -0.05) is 43.3 Å². The van der Waals surface area contributed by atoms with Crippen LogP contribution in [0.2, 0.25) is 0 Å². The minimum Gasteiger partial charge on any atom is -0.490 e. The van der Waals surface area contributed by atoms with Crippen molar-refractivity contribution in [2.45, 2.75) is 101 Å². The number of rotatable bonds is 17. The number of ether oxygens (including phenoxy) is 1. The van der Waals surface area contributed by atoms with Crippen molar-refractivity contribution >= 4 is 5.91 Å². The number of nitrogens with one attached hydrogen (secondary N) is 2. The van der Waals surface area contributed by atoms with Crippen molar-refractivity contribution in [1.29, 1.82) is 0 Å². The number of hydrogen-bond donors (Lipinski definition) is 7. The molecule has 46 heavy (non-hydrogen) atoms. The standard InChI is InChI=1S/C36H47N3O7/c1-22(6-5-16-38-35(45)34(44)33(43)32(42)30(41)21-40)24-10-9-23(2)25(18-24)19-39-36(14-15-36)29-20-37-17-13-27(29)28-7-3-4-8-31(28)46-26-11-12-26/h3-4,7-10,13,17-18,20,22,26,30,32-34,39-44H,5-6,11-12,14-16,19,21H2,1-2H3,(H,38,45)/t22?,30-,32+,33-,34-/m0/s1. The molecular weight excluding hydrogens is 586 g/mol. The Kier molecular flexibility index (Phi) is 11.1. The molecule has 2 aliphatic rings. The first-order valence-electron chi connectivity index (χ1n) is 16.3. The molecule has 5 rings (SSSR count). The van der Waals surface area contributed by atoms with Gasteiger partial charge in [-0.3, -0.25) is 9.78 Å². The van der Waals surface area contributed by atoms with Crippen LogP contribution in [0, 0.1) is 6.92 Å². The smallest absolute Gasteiger partial charge is 0.251 e. The molecule has 0 bridgehead atoms. The summed E-state index contributed by atoms with van der Waals surface area (Å²) in [6, 6.07) is 16.9. The molecule has 2 saturated carbocycles. The third-order valence-corrected chi connectivity index (χ3v) is 9.28. The molecule has 0 spiro atoms. The highest BCUT2D eigenvalue weighted by Crippen LogP contribution is 2.50. The quantitative estimate of drug-likeness (QED) is 0.111. The minimum atomic E-state index is -1.93. The number of benzene rings is 2. The zero-order valence-corrected chi connectivity index (χ0v) is 26.6. The van der Waals surface area contributed by atoms with Crippen LogP contribution in [0.5, 0.6) is 5.75 Å². The molecule has 0 radical (unpaired) electrons. The molecule has 1 heterocycles. The molecule has 3 aromatic rings. The van der Waals surface area contributed by atoms with Crippen molar-refractivity contribution in [2.75, 3.05) is 13.2 Å². The first kappa shape index (κ1) is 34.0. The third kappa shape index (κ3) is 8.12. The molecule has 0 saturated heterocycles. The van der Waals surface area contributed by atoms with Gasteiger partial charge >= 0.3 is 0 Å². The zero-order valence-electron chi connectivity index (χ0n) is 26.6. The minimum absolute atomic E-state index is 0.146. The maximum atomic E-state index is 12.2. The Morgan fingerprint density at radius 1 is 1.04 bits per heavy atom. The summed E-state index contributed by atoms with van der Waals surface area (Å²) in [6.07, 6.45) is 2.51. The van der Waals surface area contributed by atoms with Gasteiger partial charge in [0.1, 0.15) is 24.1 Å². The molecule has 5 atom stereocenters. The number of amides is 1. The van der Waals surface area contributed by atoms with E-state index in [2.05, 4.69) is 71.9 Å². The van der Waals surface area contributed by atoms with Gasteiger partial charge in [-0.15, -0.1) is 0 Å². The predicted molar refractivity (Wildman–Crippen MR) is 174 cm³/mol. The SMILES string of the molecule is Cc1ccc(C(C)CCCNC(=O)[C@@H](O)[C@@H](O)[C@H](O)[C@@H](O)CO)cc1CNC1(c2cnccc2-c2ccccc2OC2CC2)CC1.